The summed E-state index contributed by atoms with van der Waals surface area (Å²) in [7, 11) is 0. The van der Waals surface area contributed by atoms with Gasteiger partial charge in [-0.15, -0.1) is 0 Å². The van der Waals surface area contributed by atoms with Crippen LogP contribution < -0.4 is 0 Å². The zero-order chi connectivity index (χ0) is 14.2. The summed E-state index contributed by atoms with van der Waals surface area (Å²) in [6.07, 6.45) is 2.37. The summed E-state index contributed by atoms with van der Waals surface area (Å²) in [6, 6.07) is 4.26. The molecule has 1 aromatic rings. The number of ether oxygens (including phenoxy) is 1. The van der Waals surface area contributed by atoms with Gasteiger partial charge in [-0.25, -0.2) is 4.39 Å². The Bertz CT molecular complexity index is 529. The third kappa shape index (κ3) is 2.74. The Labute approximate surface area is 127 Å². The molecule has 0 bridgehead atoms. The number of Topliss-reactive ketones (excluding diaryl/α,β-unsaturated/α-hetero) is 1. The predicted molar refractivity (Wildman–Crippen MR) is 79.1 cm³/mol. The van der Waals surface area contributed by atoms with Crippen LogP contribution in [0.5, 0.6) is 0 Å². The number of carbonyl (C=O) groups is 1. The third-order valence-electron chi connectivity index (χ3n) is 4.13. The average Bonchev–Trinajstić information content (AvgIpc) is 2.86. The summed E-state index contributed by atoms with van der Waals surface area (Å²) < 4.78 is 19.8. The van der Waals surface area contributed by atoms with Gasteiger partial charge in [-0.3, -0.25) is 4.79 Å². The van der Waals surface area contributed by atoms with Crippen LogP contribution in [0.3, 0.4) is 0 Å². The average molecular weight is 315 g/mol. The van der Waals surface area contributed by atoms with Gasteiger partial charge in [-0.1, -0.05) is 11.6 Å². The van der Waals surface area contributed by atoms with Crippen LogP contribution in [0.2, 0.25) is 5.02 Å². The van der Waals surface area contributed by atoms with E-state index in [1.807, 2.05) is 11.8 Å². The fraction of sp³-hybridized carbons (Fsp3) is 0.533. The molecule has 0 radical (unpaired) electrons. The second kappa shape index (κ2) is 5.66. The molecule has 1 aromatic carbocycles. The highest BCUT2D eigenvalue weighted by Gasteiger charge is 2.42. The van der Waals surface area contributed by atoms with Crippen LogP contribution in [0.15, 0.2) is 18.2 Å². The minimum absolute atomic E-state index is 0.112. The number of hydrogen-bond acceptors (Lipinski definition) is 3. The molecule has 2 aliphatic rings. The van der Waals surface area contributed by atoms with Gasteiger partial charge >= 0.3 is 0 Å². The summed E-state index contributed by atoms with van der Waals surface area (Å²) in [5, 5.41) is 0.315. The normalized spacial score (nSPS) is 29.8. The SMILES string of the molecule is O=C(c1ccc(Cl)cc1F)C1CCOC2(CCSC2)C1. The van der Waals surface area contributed by atoms with Crippen LogP contribution in [0.25, 0.3) is 0 Å². The maximum Gasteiger partial charge on any atom is 0.169 e. The Hall–Kier alpha value is -0.580. The molecule has 2 saturated heterocycles. The van der Waals surface area contributed by atoms with Crippen LogP contribution in [-0.4, -0.2) is 29.5 Å². The predicted octanol–water partition coefficient (Wildman–Crippen LogP) is 3.96. The molecule has 2 atom stereocenters. The number of carbonyl (C=O) groups excluding carboxylic acids is 1. The number of thioether (sulfide) groups is 1. The number of benzene rings is 1. The summed E-state index contributed by atoms with van der Waals surface area (Å²) in [5.41, 5.74) is -0.00585. The van der Waals surface area contributed by atoms with Crippen LogP contribution in [0, 0.1) is 11.7 Å². The summed E-state index contributed by atoms with van der Waals surface area (Å²) in [5.74, 6) is 1.25. The molecular weight excluding hydrogens is 299 g/mol. The molecule has 3 rings (SSSR count). The molecule has 5 heteroatoms. The zero-order valence-electron chi connectivity index (χ0n) is 11.0. The van der Waals surface area contributed by atoms with Crippen molar-refractivity contribution < 1.29 is 13.9 Å². The molecule has 0 amide bonds. The lowest BCUT2D eigenvalue weighted by Gasteiger charge is -2.37. The number of hydrogen-bond donors (Lipinski definition) is 0. The highest BCUT2D eigenvalue weighted by atomic mass is 35.5. The Morgan fingerprint density at radius 2 is 2.35 bits per heavy atom. The molecule has 1 spiro atoms. The first-order valence-corrected chi connectivity index (χ1v) is 8.34. The Morgan fingerprint density at radius 3 is 3.05 bits per heavy atom. The quantitative estimate of drug-likeness (QED) is 0.773. The van der Waals surface area contributed by atoms with E-state index in [0.717, 1.165) is 17.9 Å². The largest absolute Gasteiger partial charge is 0.374 e. The van der Waals surface area contributed by atoms with Crippen molar-refractivity contribution in [2.75, 3.05) is 18.1 Å². The lowest BCUT2D eigenvalue weighted by atomic mass is 9.81. The van der Waals surface area contributed by atoms with E-state index in [9.17, 15) is 9.18 Å². The molecule has 2 nitrogen and oxygen atoms in total. The van der Waals surface area contributed by atoms with Crippen LogP contribution in [0.4, 0.5) is 4.39 Å². The molecule has 0 aromatic heterocycles. The Balaban J connectivity index is 1.79. The van der Waals surface area contributed by atoms with Crippen molar-refractivity contribution in [3.63, 3.8) is 0 Å². The van der Waals surface area contributed by atoms with Gasteiger partial charge in [0, 0.05) is 23.3 Å². The molecule has 0 N–H and O–H groups in total. The van der Waals surface area contributed by atoms with Gasteiger partial charge in [-0.2, -0.15) is 11.8 Å². The fourth-order valence-electron chi connectivity index (χ4n) is 3.02. The van der Waals surface area contributed by atoms with E-state index < -0.39 is 5.82 Å². The van der Waals surface area contributed by atoms with Crippen molar-refractivity contribution in [3.05, 3.63) is 34.6 Å². The Morgan fingerprint density at radius 1 is 1.50 bits per heavy atom. The Kier molecular flexibility index (Phi) is 4.07. The molecular formula is C15H16ClFO2S. The monoisotopic (exact) mass is 314 g/mol. The molecule has 108 valence electrons. The van der Waals surface area contributed by atoms with Gasteiger partial charge in [0.25, 0.3) is 0 Å². The lowest BCUT2D eigenvalue weighted by Crippen LogP contribution is -2.42. The van der Waals surface area contributed by atoms with Crippen molar-refractivity contribution in [2.24, 2.45) is 5.92 Å². The van der Waals surface area contributed by atoms with E-state index in [4.69, 9.17) is 16.3 Å². The van der Waals surface area contributed by atoms with Crippen molar-refractivity contribution in [1.82, 2.24) is 0 Å². The van der Waals surface area contributed by atoms with Crippen LogP contribution >= 0.6 is 23.4 Å². The fourth-order valence-corrected chi connectivity index (χ4v) is 4.56. The van der Waals surface area contributed by atoms with Crippen molar-refractivity contribution >= 4 is 29.1 Å². The van der Waals surface area contributed by atoms with E-state index in [-0.39, 0.29) is 22.9 Å². The van der Waals surface area contributed by atoms with Gasteiger partial charge in [0.15, 0.2) is 5.78 Å². The highest BCUT2D eigenvalue weighted by molar-refractivity contribution is 7.99. The molecule has 0 aliphatic carbocycles. The van der Waals surface area contributed by atoms with Crippen molar-refractivity contribution in [2.45, 2.75) is 24.9 Å². The number of halogens is 2. The molecule has 2 aliphatic heterocycles. The second-order valence-electron chi connectivity index (χ2n) is 5.51. The first-order valence-electron chi connectivity index (χ1n) is 6.81. The van der Waals surface area contributed by atoms with E-state index in [1.165, 1.54) is 12.1 Å². The van der Waals surface area contributed by atoms with Crippen LogP contribution in [-0.2, 0) is 4.74 Å². The minimum atomic E-state index is -0.524. The first-order chi connectivity index (χ1) is 9.60. The number of rotatable bonds is 2. The molecule has 0 saturated carbocycles. The van der Waals surface area contributed by atoms with E-state index in [2.05, 4.69) is 0 Å². The summed E-state index contributed by atoms with van der Waals surface area (Å²) in [4.78, 5) is 12.5. The van der Waals surface area contributed by atoms with Crippen molar-refractivity contribution in [3.8, 4) is 0 Å². The van der Waals surface area contributed by atoms with E-state index in [0.29, 0.717) is 24.5 Å². The highest BCUT2D eigenvalue weighted by Crippen LogP contribution is 2.41. The maximum atomic E-state index is 13.9. The second-order valence-corrected chi connectivity index (χ2v) is 7.05. The lowest BCUT2D eigenvalue weighted by molar-refractivity contribution is -0.0735. The smallest absolute Gasteiger partial charge is 0.169 e. The standard InChI is InChI=1S/C15H16ClFO2S/c16-11-1-2-12(13(17)7-11)14(18)10-3-5-19-15(8-10)4-6-20-9-15/h1-2,7,10H,3-6,8-9H2. The van der Waals surface area contributed by atoms with Crippen molar-refractivity contribution in [1.29, 1.82) is 0 Å². The molecule has 2 heterocycles. The minimum Gasteiger partial charge on any atom is -0.374 e. The topological polar surface area (TPSA) is 26.3 Å². The molecule has 2 unspecified atom stereocenters. The van der Waals surface area contributed by atoms with Crippen LogP contribution in [0.1, 0.15) is 29.6 Å². The van der Waals surface area contributed by atoms with Gasteiger partial charge in [0.05, 0.1) is 11.2 Å². The van der Waals surface area contributed by atoms with E-state index >= 15 is 0 Å². The van der Waals surface area contributed by atoms with Gasteiger partial charge in [0.1, 0.15) is 5.82 Å². The first kappa shape index (κ1) is 14.4. The van der Waals surface area contributed by atoms with Gasteiger partial charge in [0.2, 0.25) is 0 Å². The zero-order valence-corrected chi connectivity index (χ0v) is 12.6. The maximum absolute atomic E-state index is 13.9. The van der Waals surface area contributed by atoms with Gasteiger partial charge < -0.3 is 4.74 Å². The molecule has 20 heavy (non-hydrogen) atoms. The third-order valence-corrected chi connectivity index (χ3v) is 5.59. The van der Waals surface area contributed by atoms with Gasteiger partial charge in [-0.05, 0) is 43.2 Å². The molecule has 2 fully saturated rings. The summed E-state index contributed by atoms with van der Waals surface area (Å²) >= 11 is 7.60. The van der Waals surface area contributed by atoms with E-state index in [1.54, 1.807) is 6.07 Å². The number of ketones is 1. The summed E-state index contributed by atoms with van der Waals surface area (Å²) in [6.45, 7) is 0.589.